The van der Waals surface area contributed by atoms with Crippen LogP contribution >= 0.6 is 11.3 Å². The Balaban J connectivity index is 1.65. The number of ether oxygens (including phenoxy) is 1. The van der Waals surface area contributed by atoms with E-state index in [0.29, 0.717) is 18.1 Å². The molecule has 0 fully saturated rings. The monoisotopic (exact) mass is 428 g/mol. The van der Waals surface area contributed by atoms with Gasteiger partial charge in [-0.1, -0.05) is 41.7 Å². The lowest BCUT2D eigenvalue weighted by atomic mass is 10.1. The van der Waals surface area contributed by atoms with Crippen LogP contribution in [0.15, 0.2) is 59.5 Å². The Bertz CT molecular complexity index is 1230. The van der Waals surface area contributed by atoms with Crippen molar-refractivity contribution in [2.75, 3.05) is 6.61 Å². The van der Waals surface area contributed by atoms with Gasteiger partial charge in [0.1, 0.15) is 10.8 Å². The Labute approximate surface area is 173 Å². The van der Waals surface area contributed by atoms with Crippen LogP contribution in [0, 0.1) is 6.92 Å². The molecule has 0 aliphatic rings. The summed E-state index contributed by atoms with van der Waals surface area (Å²) in [5.41, 5.74) is 2.34. The van der Waals surface area contributed by atoms with Crippen molar-refractivity contribution in [3.63, 3.8) is 0 Å². The maximum absolute atomic E-state index is 12.8. The van der Waals surface area contributed by atoms with E-state index < -0.39 is 10.0 Å². The van der Waals surface area contributed by atoms with E-state index in [1.54, 1.807) is 16.6 Å². The third-order valence-electron chi connectivity index (χ3n) is 4.32. The van der Waals surface area contributed by atoms with Gasteiger partial charge in [-0.2, -0.15) is 5.10 Å². The molecule has 0 unspecified atom stereocenters. The highest BCUT2D eigenvalue weighted by Gasteiger charge is 2.20. The van der Waals surface area contributed by atoms with Gasteiger partial charge >= 0.3 is 0 Å². The van der Waals surface area contributed by atoms with Gasteiger partial charge in [0.25, 0.3) is 0 Å². The van der Waals surface area contributed by atoms with Gasteiger partial charge in [0, 0.05) is 5.56 Å². The van der Waals surface area contributed by atoms with Crippen LogP contribution in [-0.2, 0) is 16.6 Å². The molecule has 29 heavy (non-hydrogen) atoms. The van der Waals surface area contributed by atoms with Gasteiger partial charge in [0.05, 0.1) is 29.4 Å². The predicted molar refractivity (Wildman–Crippen MR) is 113 cm³/mol. The van der Waals surface area contributed by atoms with Crippen LogP contribution in [0.25, 0.3) is 16.2 Å². The van der Waals surface area contributed by atoms with E-state index in [2.05, 4.69) is 14.8 Å². The van der Waals surface area contributed by atoms with Crippen LogP contribution < -0.4 is 9.46 Å². The number of hydrogen-bond acceptors (Lipinski definition) is 6. The van der Waals surface area contributed by atoms with E-state index in [1.807, 2.05) is 44.2 Å². The summed E-state index contributed by atoms with van der Waals surface area (Å²) in [6.45, 7) is 4.37. The highest BCUT2D eigenvalue weighted by molar-refractivity contribution is 7.89. The SMILES string of the molecule is CCOc1ccc(S(=O)(=O)NCc2c(-c3ccccc3)nc3sc(C)nn23)cc1. The summed E-state index contributed by atoms with van der Waals surface area (Å²) in [5.74, 6) is 0.633. The van der Waals surface area contributed by atoms with Crippen LogP contribution in [-0.4, -0.2) is 29.6 Å². The zero-order valence-corrected chi connectivity index (χ0v) is 17.6. The second-order valence-electron chi connectivity index (χ2n) is 6.32. The third kappa shape index (κ3) is 4.02. The molecule has 0 radical (unpaired) electrons. The normalized spacial score (nSPS) is 11.8. The zero-order chi connectivity index (χ0) is 20.4. The highest BCUT2D eigenvalue weighted by Crippen LogP contribution is 2.27. The molecular formula is C20H20N4O3S2. The quantitative estimate of drug-likeness (QED) is 0.486. The van der Waals surface area contributed by atoms with Crippen LogP contribution in [0.3, 0.4) is 0 Å². The van der Waals surface area contributed by atoms with Gasteiger partial charge in [0.2, 0.25) is 15.0 Å². The van der Waals surface area contributed by atoms with E-state index in [4.69, 9.17) is 4.74 Å². The number of aromatic nitrogens is 3. The molecule has 0 amide bonds. The second kappa shape index (κ2) is 7.94. The fourth-order valence-corrected chi connectivity index (χ4v) is 4.75. The molecule has 0 saturated carbocycles. The van der Waals surface area contributed by atoms with Gasteiger partial charge in [0.15, 0.2) is 0 Å². The number of sulfonamides is 1. The standard InChI is InChI=1S/C20H20N4O3S2/c1-3-27-16-9-11-17(12-10-16)29(25,26)21-13-18-19(15-7-5-4-6-8-15)22-20-24(18)23-14(2)28-20/h4-12,21H,3,13H2,1-2H3. The second-order valence-corrected chi connectivity index (χ2v) is 9.24. The molecule has 4 aromatic rings. The summed E-state index contributed by atoms with van der Waals surface area (Å²) in [4.78, 5) is 5.59. The Morgan fingerprint density at radius 1 is 1.10 bits per heavy atom. The fraction of sp³-hybridized carbons (Fsp3) is 0.200. The zero-order valence-electron chi connectivity index (χ0n) is 16.0. The van der Waals surface area contributed by atoms with Crippen molar-refractivity contribution in [2.45, 2.75) is 25.3 Å². The third-order valence-corrected chi connectivity index (χ3v) is 6.56. The maximum atomic E-state index is 12.8. The number of imidazole rings is 1. The summed E-state index contributed by atoms with van der Waals surface area (Å²) < 4.78 is 35.3. The van der Waals surface area contributed by atoms with Crippen LogP contribution in [0.2, 0.25) is 0 Å². The molecule has 0 saturated heterocycles. The molecule has 7 nitrogen and oxygen atoms in total. The summed E-state index contributed by atoms with van der Waals surface area (Å²) in [6.07, 6.45) is 0. The topological polar surface area (TPSA) is 85.6 Å². The van der Waals surface area contributed by atoms with Crippen molar-refractivity contribution in [2.24, 2.45) is 0 Å². The van der Waals surface area contributed by atoms with E-state index in [1.165, 1.54) is 23.5 Å². The Morgan fingerprint density at radius 2 is 1.83 bits per heavy atom. The lowest BCUT2D eigenvalue weighted by Crippen LogP contribution is -2.24. The molecule has 0 aliphatic heterocycles. The van der Waals surface area contributed by atoms with Crippen molar-refractivity contribution in [1.29, 1.82) is 0 Å². The van der Waals surface area contributed by atoms with Crippen molar-refractivity contribution in [3.05, 3.63) is 65.3 Å². The first-order valence-electron chi connectivity index (χ1n) is 9.11. The number of hydrogen-bond donors (Lipinski definition) is 1. The number of aryl methyl sites for hydroxylation is 1. The van der Waals surface area contributed by atoms with Crippen molar-refractivity contribution >= 4 is 26.3 Å². The van der Waals surface area contributed by atoms with E-state index >= 15 is 0 Å². The predicted octanol–water partition coefficient (Wildman–Crippen LogP) is 3.64. The Kier molecular flexibility index (Phi) is 5.35. The summed E-state index contributed by atoms with van der Waals surface area (Å²) in [5, 5.41) is 5.35. The van der Waals surface area contributed by atoms with Gasteiger partial charge < -0.3 is 4.74 Å². The molecule has 0 aliphatic carbocycles. The van der Waals surface area contributed by atoms with Gasteiger partial charge in [-0.25, -0.2) is 22.6 Å². The number of fused-ring (bicyclic) bond motifs is 1. The Morgan fingerprint density at radius 3 is 2.52 bits per heavy atom. The fourth-order valence-electron chi connectivity index (χ4n) is 3.00. The van der Waals surface area contributed by atoms with Gasteiger partial charge in [-0.15, -0.1) is 0 Å². The maximum Gasteiger partial charge on any atom is 0.240 e. The van der Waals surface area contributed by atoms with Gasteiger partial charge in [-0.05, 0) is 38.1 Å². The Hall–Kier alpha value is -2.75. The van der Waals surface area contributed by atoms with Gasteiger partial charge in [-0.3, -0.25) is 0 Å². The number of nitrogens with zero attached hydrogens (tertiary/aromatic N) is 3. The van der Waals surface area contributed by atoms with Crippen LogP contribution in [0.4, 0.5) is 0 Å². The van der Waals surface area contributed by atoms with E-state index in [9.17, 15) is 8.42 Å². The molecule has 2 heterocycles. The molecule has 2 aromatic heterocycles. The molecule has 4 rings (SSSR count). The molecule has 0 bridgehead atoms. The highest BCUT2D eigenvalue weighted by atomic mass is 32.2. The minimum absolute atomic E-state index is 0.0735. The first-order chi connectivity index (χ1) is 14.0. The summed E-state index contributed by atoms with van der Waals surface area (Å²) in [7, 11) is -3.70. The first-order valence-corrected chi connectivity index (χ1v) is 11.4. The van der Waals surface area contributed by atoms with Crippen LogP contribution in [0.1, 0.15) is 17.6 Å². The minimum atomic E-state index is -3.70. The molecule has 1 N–H and O–H groups in total. The van der Waals surface area contributed by atoms with Crippen molar-refractivity contribution < 1.29 is 13.2 Å². The minimum Gasteiger partial charge on any atom is -0.494 e. The molecular weight excluding hydrogens is 408 g/mol. The number of rotatable bonds is 7. The molecule has 0 spiro atoms. The molecule has 0 atom stereocenters. The molecule has 9 heteroatoms. The average Bonchev–Trinajstić information content (AvgIpc) is 3.24. The van der Waals surface area contributed by atoms with Crippen molar-refractivity contribution in [1.82, 2.24) is 19.3 Å². The summed E-state index contributed by atoms with van der Waals surface area (Å²) >= 11 is 1.47. The van der Waals surface area contributed by atoms with Crippen molar-refractivity contribution in [3.8, 4) is 17.0 Å². The number of nitrogens with one attached hydrogen (secondary N) is 1. The lowest BCUT2D eigenvalue weighted by Gasteiger charge is -2.09. The molecule has 150 valence electrons. The average molecular weight is 429 g/mol. The van der Waals surface area contributed by atoms with E-state index in [0.717, 1.165) is 21.2 Å². The first kappa shape index (κ1) is 19.6. The smallest absolute Gasteiger partial charge is 0.240 e. The van der Waals surface area contributed by atoms with Crippen LogP contribution in [0.5, 0.6) is 5.75 Å². The van der Waals surface area contributed by atoms with E-state index in [-0.39, 0.29) is 11.4 Å². The number of benzene rings is 2. The molecule has 2 aromatic carbocycles. The summed E-state index contributed by atoms with van der Waals surface area (Å²) in [6, 6.07) is 16.0. The largest absolute Gasteiger partial charge is 0.494 e. The lowest BCUT2D eigenvalue weighted by molar-refractivity contribution is 0.340.